The van der Waals surface area contributed by atoms with E-state index in [9.17, 15) is 14.4 Å². The Morgan fingerprint density at radius 2 is 1.61 bits per heavy atom. The van der Waals surface area contributed by atoms with Crippen LogP contribution in [0.25, 0.3) is 0 Å². The number of hydrogen-bond donors (Lipinski definition) is 3. The summed E-state index contributed by atoms with van der Waals surface area (Å²) in [7, 11) is 0. The smallest absolute Gasteiger partial charge is 0.408 e. The van der Waals surface area contributed by atoms with Gasteiger partial charge in [-0.2, -0.15) is 12.6 Å². The number of benzene rings is 1. The molecule has 0 aliphatic carbocycles. The largest absolute Gasteiger partial charge is 0.444 e. The highest BCUT2D eigenvalue weighted by Crippen LogP contribution is 2.32. The molecule has 0 saturated carbocycles. The molecule has 8 heteroatoms. The quantitative estimate of drug-likeness (QED) is 0.508. The summed E-state index contributed by atoms with van der Waals surface area (Å²) in [5.74, 6) is -0.640. The average molecular weight is 480 g/mol. The molecular formula is C25H41N3O4S. The summed E-state index contributed by atoms with van der Waals surface area (Å²) in [6, 6.07) is 3.84. The van der Waals surface area contributed by atoms with Gasteiger partial charge >= 0.3 is 6.09 Å². The SMILES string of the molecule is Cc1ccc(C(C(=O)NC(C)C)N(C(=O)C(CS)NC(=O)OC(C)(C)C)C(C)(C)C)c(C)c1. The topological polar surface area (TPSA) is 87.7 Å². The second-order valence-corrected chi connectivity index (χ2v) is 11.1. The fourth-order valence-corrected chi connectivity index (χ4v) is 3.79. The van der Waals surface area contributed by atoms with Gasteiger partial charge in [0, 0.05) is 17.3 Å². The number of hydrogen-bond acceptors (Lipinski definition) is 5. The van der Waals surface area contributed by atoms with Gasteiger partial charge < -0.3 is 20.3 Å². The zero-order valence-corrected chi connectivity index (χ0v) is 22.6. The summed E-state index contributed by atoms with van der Waals surface area (Å²) >= 11 is 4.31. The molecule has 2 atom stereocenters. The minimum absolute atomic E-state index is 0.0516. The van der Waals surface area contributed by atoms with Gasteiger partial charge in [0.2, 0.25) is 11.8 Å². The molecule has 2 unspecified atom stereocenters. The second-order valence-electron chi connectivity index (χ2n) is 10.7. The van der Waals surface area contributed by atoms with E-state index >= 15 is 0 Å². The maximum Gasteiger partial charge on any atom is 0.408 e. The van der Waals surface area contributed by atoms with Crippen LogP contribution in [0.5, 0.6) is 0 Å². The van der Waals surface area contributed by atoms with Crippen LogP contribution >= 0.6 is 12.6 Å². The Labute approximate surface area is 204 Å². The molecule has 0 aliphatic heterocycles. The van der Waals surface area contributed by atoms with E-state index in [0.717, 1.165) is 16.7 Å². The third-order valence-electron chi connectivity index (χ3n) is 4.79. The summed E-state index contributed by atoms with van der Waals surface area (Å²) in [5, 5.41) is 5.58. The van der Waals surface area contributed by atoms with E-state index in [1.807, 2.05) is 66.7 Å². The molecule has 0 radical (unpaired) electrons. The van der Waals surface area contributed by atoms with Gasteiger partial charge in [-0.1, -0.05) is 23.8 Å². The Kier molecular flexibility index (Phi) is 9.84. The molecular weight excluding hydrogens is 438 g/mol. The minimum Gasteiger partial charge on any atom is -0.444 e. The fraction of sp³-hybridized carbons (Fsp3) is 0.640. The number of aryl methyl sites for hydroxylation is 2. The molecule has 0 heterocycles. The summed E-state index contributed by atoms with van der Waals surface area (Å²) in [6.45, 7) is 18.5. The van der Waals surface area contributed by atoms with E-state index in [-0.39, 0.29) is 17.7 Å². The molecule has 186 valence electrons. The van der Waals surface area contributed by atoms with Crippen molar-refractivity contribution in [1.82, 2.24) is 15.5 Å². The molecule has 2 N–H and O–H groups in total. The molecule has 33 heavy (non-hydrogen) atoms. The monoisotopic (exact) mass is 479 g/mol. The maximum atomic E-state index is 13.8. The normalized spacial score (nSPS) is 13.8. The van der Waals surface area contributed by atoms with Gasteiger partial charge in [-0.3, -0.25) is 9.59 Å². The molecule has 0 bridgehead atoms. The van der Waals surface area contributed by atoms with Crippen LogP contribution in [0.3, 0.4) is 0 Å². The highest BCUT2D eigenvalue weighted by atomic mass is 32.1. The van der Waals surface area contributed by atoms with Crippen LogP contribution < -0.4 is 10.6 Å². The lowest BCUT2D eigenvalue weighted by atomic mass is 9.92. The third-order valence-corrected chi connectivity index (χ3v) is 5.15. The number of alkyl carbamates (subject to hydrolysis) is 1. The molecule has 0 fully saturated rings. The lowest BCUT2D eigenvalue weighted by molar-refractivity contribution is -0.148. The van der Waals surface area contributed by atoms with Crippen molar-refractivity contribution in [2.45, 2.75) is 98.5 Å². The molecule has 0 aromatic heterocycles. The molecule has 0 spiro atoms. The van der Waals surface area contributed by atoms with Gasteiger partial charge in [-0.25, -0.2) is 4.79 Å². The summed E-state index contributed by atoms with van der Waals surface area (Å²) in [5.41, 5.74) is 1.26. The van der Waals surface area contributed by atoms with E-state index in [2.05, 4.69) is 23.3 Å². The van der Waals surface area contributed by atoms with E-state index in [0.29, 0.717) is 0 Å². The predicted molar refractivity (Wildman–Crippen MR) is 136 cm³/mol. The Morgan fingerprint density at radius 3 is 2.03 bits per heavy atom. The number of carbonyl (C=O) groups is 3. The van der Waals surface area contributed by atoms with Crippen molar-refractivity contribution in [3.8, 4) is 0 Å². The van der Waals surface area contributed by atoms with Gasteiger partial charge in [0.25, 0.3) is 0 Å². The first-order valence-electron chi connectivity index (χ1n) is 11.3. The maximum absolute atomic E-state index is 13.8. The number of amides is 3. The van der Waals surface area contributed by atoms with E-state index < -0.39 is 35.2 Å². The fourth-order valence-electron chi connectivity index (χ4n) is 3.54. The number of ether oxygens (including phenoxy) is 1. The van der Waals surface area contributed by atoms with Crippen molar-refractivity contribution in [3.63, 3.8) is 0 Å². The van der Waals surface area contributed by atoms with Crippen LogP contribution in [0, 0.1) is 13.8 Å². The Hall–Kier alpha value is -2.22. The van der Waals surface area contributed by atoms with Crippen molar-refractivity contribution >= 4 is 30.5 Å². The van der Waals surface area contributed by atoms with Gasteiger partial charge in [-0.15, -0.1) is 0 Å². The molecule has 1 rings (SSSR count). The first-order chi connectivity index (χ1) is 15.0. The van der Waals surface area contributed by atoms with Crippen LogP contribution in [-0.2, 0) is 14.3 Å². The number of rotatable bonds is 7. The molecule has 7 nitrogen and oxygen atoms in total. The van der Waals surface area contributed by atoms with Crippen LogP contribution in [-0.4, -0.2) is 51.8 Å². The highest BCUT2D eigenvalue weighted by molar-refractivity contribution is 7.80. The summed E-state index contributed by atoms with van der Waals surface area (Å²) < 4.78 is 5.33. The van der Waals surface area contributed by atoms with Crippen LogP contribution in [0.4, 0.5) is 4.79 Å². The van der Waals surface area contributed by atoms with E-state index in [1.54, 1.807) is 25.7 Å². The lowest BCUT2D eigenvalue weighted by Crippen LogP contribution is -2.59. The molecule has 3 amide bonds. The molecule has 1 aromatic carbocycles. The summed E-state index contributed by atoms with van der Waals surface area (Å²) in [6.07, 6.45) is -0.710. The number of carbonyl (C=O) groups excluding carboxylic acids is 3. The predicted octanol–water partition coefficient (Wildman–Crippen LogP) is 4.32. The number of nitrogens with zero attached hydrogens (tertiary/aromatic N) is 1. The van der Waals surface area contributed by atoms with Crippen LogP contribution in [0.2, 0.25) is 0 Å². The Morgan fingerprint density at radius 1 is 1.03 bits per heavy atom. The third kappa shape index (κ3) is 8.57. The number of nitrogens with one attached hydrogen (secondary N) is 2. The van der Waals surface area contributed by atoms with Gasteiger partial charge in [-0.05, 0) is 80.4 Å². The number of thiol groups is 1. The summed E-state index contributed by atoms with van der Waals surface area (Å²) in [4.78, 5) is 41.2. The second kappa shape index (κ2) is 11.3. The lowest BCUT2D eigenvalue weighted by Gasteiger charge is -2.43. The van der Waals surface area contributed by atoms with E-state index in [4.69, 9.17) is 4.74 Å². The van der Waals surface area contributed by atoms with Gasteiger partial charge in [0.05, 0.1) is 0 Å². The first-order valence-corrected chi connectivity index (χ1v) is 11.9. The van der Waals surface area contributed by atoms with E-state index in [1.165, 1.54) is 0 Å². The van der Waals surface area contributed by atoms with Crippen molar-refractivity contribution < 1.29 is 19.1 Å². The first kappa shape index (κ1) is 28.8. The van der Waals surface area contributed by atoms with Crippen LogP contribution in [0.1, 0.15) is 78.1 Å². The van der Waals surface area contributed by atoms with Crippen molar-refractivity contribution in [2.24, 2.45) is 0 Å². The Bertz CT molecular complexity index is 856. The molecule has 1 aromatic rings. The minimum atomic E-state index is -0.970. The van der Waals surface area contributed by atoms with Crippen LogP contribution in [0.15, 0.2) is 18.2 Å². The highest BCUT2D eigenvalue weighted by Gasteiger charge is 2.42. The van der Waals surface area contributed by atoms with Crippen molar-refractivity contribution in [3.05, 3.63) is 34.9 Å². The van der Waals surface area contributed by atoms with Gasteiger partial charge in [0.15, 0.2) is 0 Å². The zero-order valence-electron chi connectivity index (χ0n) is 21.7. The Balaban J connectivity index is 3.53. The molecule has 0 saturated heterocycles. The molecule has 0 aliphatic rings. The standard InChI is InChI=1S/C25H41N3O4S/c1-15(2)26-21(29)20(18-12-11-16(3)13-17(18)4)28(24(5,6)7)22(30)19(14-33)27-23(31)32-25(8,9)10/h11-13,15,19-20,33H,14H2,1-10H3,(H,26,29)(H,27,31). The van der Waals surface area contributed by atoms with Crippen molar-refractivity contribution in [2.75, 3.05) is 5.75 Å². The van der Waals surface area contributed by atoms with Gasteiger partial charge in [0.1, 0.15) is 17.7 Å². The van der Waals surface area contributed by atoms with Crippen molar-refractivity contribution in [1.29, 1.82) is 0 Å². The average Bonchev–Trinajstić information content (AvgIpc) is 2.61. The zero-order chi connectivity index (χ0) is 25.7.